The lowest BCUT2D eigenvalue weighted by Crippen LogP contribution is -2.29. The number of aromatic nitrogens is 1. The number of hydrogen-bond donors (Lipinski definition) is 0. The zero-order valence-corrected chi connectivity index (χ0v) is 9.88. The van der Waals surface area contributed by atoms with E-state index in [0.717, 1.165) is 11.4 Å². The smallest absolute Gasteiger partial charge is 0.339 e. The molecule has 2 heterocycles. The van der Waals surface area contributed by atoms with Gasteiger partial charge in [0, 0.05) is 29.8 Å². The molecular formula is C11H13NO3S. The molecule has 0 unspecified atom stereocenters. The summed E-state index contributed by atoms with van der Waals surface area (Å²) in [6.45, 7) is 2.80. The van der Waals surface area contributed by atoms with Crippen LogP contribution in [0.2, 0.25) is 0 Å². The summed E-state index contributed by atoms with van der Waals surface area (Å²) < 4.78 is 6.64. The molecule has 0 spiro atoms. The van der Waals surface area contributed by atoms with Gasteiger partial charge in [0.2, 0.25) is 0 Å². The molecule has 5 heteroatoms. The first kappa shape index (κ1) is 11.3. The van der Waals surface area contributed by atoms with Crippen molar-refractivity contribution in [2.24, 2.45) is 0 Å². The van der Waals surface area contributed by atoms with Crippen LogP contribution in [0, 0.1) is 0 Å². The van der Waals surface area contributed by atoms with E-state index >= 15 is 0 Å². The molecule has 4 nitrogen and oxygen atoms in total. The third-order valence-corrected chi connectivity index (χ3v) is 3.44. The first-order valence-corrected chi connectivity index (χ1v) is 6.37. The van der Waals surface area contributed by atoms with Gasteiger partial charge in [-0.25, -0.2) is 4.79 Å². The average Bonchev–Trinajstić information content (AvgIpc) is 2.30. The average molecular weight is 239 g/mol. The Hall–Kier alpha value is -1.23. The van der Waals surface area contributed by atoms with E-state index in [0.29, 0.717) is 24.5 Å². The van der Waals surface area contributed by atoms with Crippen LogP contribution in [0.15, 0.2) is 16.9 Å². The van der Waals surface area contributed by atoms with Crippen molar-refractivity contribution in [3.63, 3.8) is 0 Å². The van der Waals surface area contributed by atoms with Gasteiger partial charge in [-0.1, -0.05) is 0 Å². The molecule has 0 aromatic carbocycles. The summed E-state index contributed by atoms with van der Waals surface area (Å²) >= 11 is 1.73. The molecule has 1 aromatic rings. The predicted molar refractivity (Wildman–Crippen MR) is 62.8 cm³/mol. The van der Waals surface area contributed by atoms with Gasteiger partial charge in [-0.15, -0.1) is 0 Å². The molecule has 1 aliphatic rings. The minimum absolute atomic E-state index is 0.0386. The molecule has 0 saturated carbocycles. The second-order valence-electron chi connectivity index (χ2n) is 3.46. The summed E-state index contributed by atoms with van der Waals surface area (Å²) in [4.78, 5) is 23.3. The number of rotatable bonds is 2. The topological polar surface area (TPSA) is 48.3 Å². The Morgan fingerprint density at radius 2 is 2.38 bits per heavy atom. The van der Waals surface area contributed by atoms with Crippen molar-refractivity contribution in [1.29, 1.82) is 0 Å². The molecule has 0 saturated heterocycles. The minimum Gasteiger partial charge on any atom is -0.462 e. The van der Waals surface area contributed by atoms with Crippen LogP contribution in [0.3, 0.4) is 0 Å². The van der Waals surface area contributed by atoms with Crippen LogP contribution in [-0.2, 0) is 17.0 Å². The van der Waals surface area contributed by atoms with E-state index in [4.69, 9.17) is 4.74 Å². The largest absolute Gasteiger partial charge is 0.462 e. The second kappa shape index (κ2) is 4.74. The fraction of sp³-hybridized carbons (Fsp3) is 0.455. The number of ether oxygens (including phenoxy) is 1. The molecule has 0 bridgehead atoms. The summed E-state index contributed by atoms with van der Waals surface area (Å²) in [7, 11) is 0. The zero-order chi connectivity index (χ0) is 11.5. The van der Waals surface area contributed by atoms with E-state index < -0.39 is 0 Å². The molecule has 1 aliphatic heterocycles. The summed E-state index contributed by atoms with van der Waals surface area (Å²) in [5.74, 6) is 1.28. The lowest BCUT2D eigenvalue weighted by Gasteiger charge is -2.19. The van der Waals surface area contributed by atoms with Crippen LogP contribution in [0.4, 0.5) is 0 Å². The first-order chi connectivity index (χ1) is 7.74. The minimum atomic E-state index is -0.339. The Balaban J connectivity index is 2.47. The van der Waals surface area contributed by atoms with Crippen molar-refractivity contribution in [1.82, 2.24) is 4.57 Å². The van der Waals surface area contributed by atoms with E-state index in [1.54, 1.807) is 29.3 Å². The number of pyridine rings is 1. The Morgan fingerprint density at radius 1 is 1.56 bits per heavy atom. The zero-order valence-electron chi connectivity index (χ0n) is 9.06. The van der Waals surface area contributed by atoms with Gasteiger partial charge in [-0.3, -0.25) is 4.79 Å². The quantitative estimate of drug-likeness (QED) is 0.729. The highest BCUT2D eigenvalue weighted by atomic mass is 32.2. The van der Waals surface area contributed by atoms with Crippen LogP contribution >= 0.6 is 11.8 Å². The van der Waals surface area contributed by atoms with Crippen molar-refractivity contribution in [3.05, 3.63) is 33.7 Å². The maximum Gasteiger partial charge on any atom is 0.339 e. The van der Waals surface area contributed by atoms with Crippen LogP contribution in [-0.4, -0.2) is 22.9 Å². The van der Waals surface area contributed by atoms with Crippen molar-refractivity contribution in [3.8, 4) is 0 Å². The van der Waals surface area contributed by atoms with Gasteiger partial charge in [0.25, 0.3) is 5.56 Å². The Bertz CT molecular complexity index is 467. The highest BCUT2D eigenvalue weighted by Gasteiger charge is 2.19. The lowest BCUT2D eigenvalue weighted by atomic mass is 10.2. The van der Waals surface area contributed by atoms with Crippen molar-refractivity contribution < 1.29 is 9.53 Å². The second-order valence-corrected chi connectivity index (χ2v) is 4.56. The van der Waals surface area contributed by atoms with Gasteiger partial charge < -0.3 is 9.30 Å². The van der Waals surface area contributed by atoms with Crippen molar-refractivity contribution in [2.75, 3.05) is 12.4 Å². The van der Waals surface area contributed by atoms with E-state index in [1.807, 2.05) is 0 Å². The number of fused-ring (bicyclic) bond motifs is 1. The van der Waals surface area contributed by atoms with Gasteiger partial charge >= 0.3 is 5.97 Å². The fourth-order valence-electron chi connectivity index (χ4n) is 1.74. The standard InChI is InChI=1S/C11H13NO3S/c1-2-15-11(14)8-3-4-10(13)12-5-6-16-7-9(8)12/h3-4H,2,5-7H2,1H3. The highest BCUT2D eigenvalue weighted by molar-refractivity contribution is 7.98. The molecule has 0 fully saturated rings. The van der Waals surface area contributed by atoms with Crippen molar-refractivity contribution in [2.45, 2.75) is 19.2 Å². The number of carbonyl (C=O) groups is 1. The fourth-order valence-corrected chi connectivity index (χ4v) is 2.70. The van der Waals surface area contributed by atoms with Crippen LogP contribution in [0.1, 0.15) is 23.0 Å². The molecule has 2 rings (SSSR count). The maximum atomic E-state index is 11.7. The predicted octanol–water partition coefficient (Wildman–Crippen LogP) is 1.27. The Labute approximate surface area is 97.6 Å². The molecule has 86 valence electrons. The van der Waals surface area contributed by atoms with E-state index in [1.165, 1.54) is 6.07 Å². The number of esters is 1. The number of nitrogens with zero attached hydrogens (tertiary/aromatic N) is 1. The first-order valence-electron chi connectivity index (χ1n) is 5.21. The SMILES string of the molecule is CCOC(=O)c1ccc(=O)n2c1CSCC2. The molecule has 0 aliphatic carbocycles. The number of carbonyl (C=O) groups excluding carboxylic acids is 1. The van der Waals surface area contributed by atoms with E-state index in [-0.39, 0.29) is 11.5 Å². The molecule has 0 amide bonds. The van der Waals surface area contributed by atoms with Gasteiger partial charge in [0.15, 0.2) is 0 Å². The summed E-state index contributed by atoms with van der Waals surface area (Å²) in [5, 5.41) is 0. The Kier molecular flexibility index (Phi) is 3.33. The maximum absolute atomic E-state index is 11.7. The number of thioether (sulfide) groups is 1. The normalized spacial score (nSPS) is 14.3. The van der Waals surface area contributed by atoms with Gasteiger partial charge in [0.05, 0.1) is 12.2 Å². The summed E-state index contributed by atoms with van der Waals surface area (Å²) in [5.41, 5.74) is 1.28. The van der Waals surface area contributed by atoms with Crippen LogP contribution in [0.5, 0.6) is 0 Å². The molecule has 16 heavy (non-hydrogen) atoms. The summed E-state index contributed by atoms with van der Waals surface area (Å²) in [6.07, 6.45) is 0. The van der Waals surface area contributed by atoms with Gasteiger partial charge in [-0.2, -0.15) is 11.8 Å². The van der Waals surface area contributed by atoms with E-state index in [9.17, 15) is 9.59 Å². The summed E-state index contributed by atoms with van der Waals surface area (Å²) in [6, 6.07) is 3.00. The van der Waals surface area contributed by atoms with Crippen LogP contribution in [0.25, 0.3) is 0 Å². The van der Waals surface area contributed by atoms with Crippen molar-refractivity contribution >= 4 is 17.7 Å². The third-order valence-electron chi connectivity index (χ3n) is 2.49. The molecule has 0 N–H and O–H groups in total. The molecular weight excluding hydrogens is 226 g/mol. The molecule has 1 aromatic heterocycles. The van der Waals surface area contributed by atoms with Gasteiger partial charge in [-0.05, 0) is 13.0 Å². The van der Waals surface area contributed by atoms with Gasteiger partial charge in [0.1, 0.15) is 0 Å². The third kappa shape index (κ3) is 2.00. The number of hydrogen-bond acceptors (Lipinski definition) is 4. The van der Waals surface area contributed by atoms with E-state index in [2.05, 4.69) is 0 Å². The van der Waals surface area contributed by atoms with Crippen LogP contribution < -0.4 is 5.56 Å². The monoisotopic (exact) mass is 239 g/mol. The molecule has 0 atom stereocenters. The highest BCUT2D eigenvalue weighted by Crippen LogP contribution is 2.21. The lowest BCUT2D eigenvalue weighted by molar-refractivity contribution is 0.0524. The Morgan fingerprint density at radius 3 is 3.12 bits per heavy atom. The molecule has 0 radical (unpaired) electrons.